The first-order valence-electron chi connectivity index (χ1n) is 13.6. The number of nitrogens with zero attached hydrogens (tertiary/aromatic N) is 2. The number of aliphatic hydroxyl groups is 3. The maximum atomic E-state index is 14.0. The minimum Gasteiger partial charge on any atom is -0.508 e. The summed E-state index contributed by atoms with van der Waals surface area (Å²) in [4.78, 5) is 43.1. The number of ether oxygens (including phenoxy) is 1. The lowest BCUT2D eigenvalue weighted by molar-refractivity contribution is -0.153. The summed E-state index contributed by atoms with van der Waals surface area (Å²) >= 11 is 0. The Bertz CT molecular complexity index is 1370. The fourth-order valence-corrected chi connectivity index (χ4v) is 7.48. The molecule has 6 N–H and O–H groups in total. The fourth-order valence-electron chi connectivity index (χ4n) is 7.48. The number of aliphatic hydroxyl groups excluding tert-OH is 2. The molecular weight excluding hydrogens is 518 g/mol. The number of nitrogens with two attached hydrogens (primary N) is 1. The molecule has 5 rings (SSSR count). The molecule has 0 aromatic heterocycles. The SMILES string of the molecule is COc1c(CN2[C@H](C)CC[C@@H]2C)cc(O)c2c1C[C@H]1C[C@H]3[C@H](N(C)C)C(=O)C(C(N)=O)=C(O)[C@@]3(O)C(=O)C1=C2O. The summed E-state index contributed by atoms with van der Waals surface area (Å²) in [5.74, 6) is -6.22. The number of benzene rings is 1. The summed E-state index contributed by atoms with van der Waals surface area (Å²) < 4.78 is 5.83. The van der Waals surface area contributed by atoms with Gasteiger partial charge in [0.15, 0.2) is 11.4 Å². The van der Waals surface area contributed by atoms with Crippen molar-refractivity contribution in [2.24, 2.45) is 17.6 Å². The Kier molecular flexibility index (Phi) is 6.75. The molecule has 1 saturated heterocycles. The molecule has 1 amide bonds. The number of ketones is 2. The fraction of sp³-hybridized carbons (Fsp3) is 0.552. The van der Waals surface area contributed by atoms with Gasteiger partial charge in [-0.15, -0.1) is 0 Å². The monoisotopic (exact) mass is 555 g/mol. The molecule has 0 radical (unpaired) electrons. The highest BCUT2D eigenvalue weighted by molar-refractivity contribution is 6.24. The third-order valence-corrected chi connectivity index (χ3v) is 9.44. The number of fused-ring (bicyclic) bond motifs is 3. The van der Waals surface area contributed by atoms with Crippen LogP contribution in [0.4, 0.5) is 0 Å². The summed E-state index contributed by atoms with van der Waals surface area (Å²) in [7, 11) is 4.66. The molecule has 6 atom stereocenters. The molecule has 0 unspecified atom stereocenters. The predicted molar refractivity (Wildman–Crippen MR) is 144 cm³/mol. The van der Waals surface area contributed by atoms with Gasteiger partial charge in [0.05, 0.1) is 18.7 Å². The number of aromatic hydroxyl groups is 1. The van der Waals surface area contributed by atoms with Crippen LogP contribution in [-0.4, -0.2) is 92.6 Å². The topological polar surface area (TPSA) is 174 Å². The van der Waals surface area contributed by atoms with Crippen LogP contribution < -0.4 is 10.5 Å². The van der Waals surface area contributed by atoms with Crippen molar-refractivity contribution in [3.63, 3.8) is 0 Å². The van der Waals surface area contributed by atoms with Crippen molar-refractivity contribution in [1.29, 1.82) is 0 Å². The number of hydrogen-bond donors (Lipinski definition) is 5. The lowest BCUT2D eigenvalue weighted by Gasteiger charge is -2.50. The Morgan fingerprint density at radius 3 is 2.35 bits per heavy atom. The zero-order chi connectivity index (χ0) is 29.4. The Morgan fingerprint density at radius 1 is 1.18 bits per heavy atom. The number of likely N-dealkylation sites (N-methyl/N-ethyl adjacent to an activating group) is 1. The van der Waals surface area contributed by atoms with Gasteiger partial charge >= 0.3 is 0 Å². The van der Waals surface area contributed by atoms with E-state index in [4.69, 9.17) is 10.5 Å². The van der Waals surface area contributed by atoms with Crippen molar-refractivity contribution in [3.8, 4) is 11.5 Å². The summed E-state index contributed by atoms with van der Waals surface area (Å²) in [5, 5.41) is 45.2. The number of Topliss-reactive ketones (excluding diaryl/α,β-unsaturated/α-hetero) is 2. The highest BCUT2D eigenvalue weighted by Gasteiger charge is 2.64. The van der Waals surface area contributed by atoms with E-state index in [0.29, 0.717) is 29.9 Å². The van der Waals surface area contributed by atoms with Crippen molar-refractivity contribution < 1.29 is 39.5 Å². The number of carbonyl (C=O) groups excluding carboxylic acids is 3. The van der Waals surface area contributed by atoms with Crippen LogP contribution in [0.15, 0.2) is 23.0 Å². The van der Waals surface area contributed by atoms with Crippen LogP contribution in [0.1, 0.15) is 49.8 Å². The van der Waals surface area contributed by atoms with Crippen molar-refractivity contribution in [2.75, 3.05) is 21.2 Å². The van der Waals surface area contributed by atoms with Gasteiger partial charge in [0, 0.05) is 41.2 Å². The lowest BCUT2D eigenvalue weighted by atomic mass is 9.57. The molecular formula is C29H37N3O8. The van der Waals surface area contributed by atoms with Gasteiger partial charge in [-0.25, -0.2) is 0 Å². The Balaban J connectivity index is 1.67. The van der Waals surface area contributed by atoms with Crippen molar-refractivity contribution >= 4 is 23.2 Å². The second-order valence-electron chi connectivity index (χ2n) is 11.9. The minimum absolute atomic E-state index is 0.0272. The van der Waals surface area contributed by atoms with E-state index in [1.54, 1.807) is 14.1 Å². The van der Waals surface area contributed by atoms with Gasteiger partial charge in [0.25, 0.3) is 5.91 Å². The quantitative estimate of drug-likeness (QED) is 0.334. The van der Waals surface area contributed by atoms with Crippen LogP contribution in [0.2, 0.25) is 0 Å². The Hall–Kier alpha value is -3.41. The van der Waals surface area contributed by atoms with Crippen LogP contribution >= 0.6 is 0 Å². The van der Waals surface area contributed by atoms with Crippen molar-refractivity contribution in [3.05, 3.63) is 39.7 Å². The van der Waals surface area contributed by atoms with Gasteiger partial charge in [-0.2, -0.15) is 0 Å². The number of hydrogen-bond acceptors (Lipinski definition) is 10. The van der Waals surface area contributed by atoms with E-state index in [-0.39, 0.29) is 29.7 Å². The van der Waals surface area contributed by atoms with Crippen LogP contribution in [0.3, 0.4) is 0 Å². The molecule has 1 aromatic carbocycles. The molecule has 40 heavy (non-hydrogen) atoms. The maximum Gasteiger partial charge on any atom is 0.255 e. The molecule has 1 saturated carbocycles. The molecule has 0 bridgehead atoms. The first-order valence-corrected chi connectivity index (χ1v) is 13.6. The van der Waals surface area contributed by atoms with Crippen LogP contribution in [-0.2, 0) is 27.3 Å². The predicted octanol–water partition coefficient (Wildman–Crippen LogP) is 1.35. The standard InChI is InChI=1S/C29H37N3O8/c1-12-6-7-13(2)32(12)11-15-10-18(33)20-16(25(15)40-5)8-14-9-17-22(31(3)4)24(35)21(28(30)38)27(37)29(17,39)26(36)19(14)23(20)34/h10,12-14,17,22,33-34,37,39H,6-9,11H2,1-5H3,(H2,30,38)/t12-,13+,14-,17-,22-,29-/m0/s1. The number of methoxy groups -OCH3 is 1. The molecule has 1 aliphatic heterocycles. The molecule has 4 aliphatic rings. The first kappa shape index (κ1) is 28.1. The van der Waals surface area contributed by atoms with Gasteiger partial charge in [-0.1, -0.05) is 0 Å². The maximum absolute atomic E-state index is 14.0. The summed E-state index contributed by atoms with van der Waals surface area (Å²) in [6.45, 7) is 4.84. The summed E-state index contributed by atoms with van der Waals surface area (Å²) in [6.07, 6.45) is 2.34. The highest BCUT2D eigenvalue weighted by atomic mass is 16.5. The van der Waals surface area contributed by atoms with E-state index < -0.39 is 58.0 Å². The number of rotatable bonds is 5. The molecule has 11 heteroatoms. The third kappa shape index (κ3) is 3.78. The van der Waals surface area contributed by atoms with Crippen molar-refractivity contribution in [1.82, 2.24) is 9.80 Å². The Labute approximate surface area is 232 Å². The third-order valence-electron chi connectivity index (χ3n) is 9.44. The number of primary amides is 1. The van der Waals surface area contributed by atoms with Gasteiger partial charge in [-0.05, 0) is 65.6 Å². The van der Waals surface area contributed by atoms with Crippen LogP contribution in [0.5, 0.6) is 11.5 Å². The molecule has 11 nitrogen and oxygen atoms in total. The molecule has 1 heterocycles. The summed E-state index contributed by atoms with van der Waals surface area (Å²) in [6, 6.07) is 1.10. The zero-order valence-corrected chi connectivity index (χ0v) is 23.4. The van der Waals surface area contributed by atoms with E-state index in [1.165, 1.54) is 18.1 Å². The van der Waals surface area contributed by atoms with Gasteiger partial charge < -0.3 is 30.9 Å². The number of phenolic OH excluding ortho intramolecular Hbond substituents is 1. The Morgan fingerprint density at radius 2 is 1.80 bits per heavy atom. The van der Waals surface area contributed by atoms with Crippen LogP contribution in [0, 0.1) is 11.8 Å². The van der Waals surface area contributed by atoms with E-state index in [2.05, 4.69) is 18.7 Å². The van der Waals surface area contributed by atoms with Gasteiger partial charge in [-0.3, -0.25) is 24.2 Å². The number of phenols is 1. The zero-order valence-electron chi connectivity index (χ0n) is 23.4. The minimum atomic E-state index is -2.66. The smallest absolute Gasteiger partial charge is 0.255 e. The molecule has 3 aliphatic carbocycles. The average Bonchev–Trinajstić information content (AvgIpc) is 3.18. The molecule has 2 fully saturated rings. The highest BCUT2D eigenvalue weighted by Crippen LogP contribution is 2.54. The molecule has 1 aromatic rings. The van der Waals surface area contributed by atoms with Crippen molar-refractivity contribution in [2.45, 2.75) is 69.8 Å². The number of carbonyl (C=O) groups is 3. The van der Waals surface area contributed by atoms with E-state index >= 15 is 0 Å². The van der Waals surface area contributed by atoms with Crippen LogP contribution in [0.25, 0.3) is 5.76 Å². The average molecular weight is 556 g/mol. The van der Waals surface area contributed by atoms with Gasteiger partial charge in [0.2, 0.25) is 5.78 Å². The lowest BCUT2D eigenvalue weighted by Crippen LogP contribution is -2.65. The van der Waals surface area contributed by atoms with E-state index in [1.807, 2.05) is 0 Å². The van der Waals surface area contributed by atoms with E-state index in [9.17, 15) is 34.8 Å². The number of amides is 1. The summed E-state index contributed by atoms with van der Waals surface area (Å²) in [5.41, 5.74) is 3.00. The van der Waals surface area contributed by atoms with E-state index in [0.717, 1.165) is 18.4 Å². The molecule has 216 valence electrons. The number of likely N-dealkylation sites (tertiary alicyclic amines) is 1. The second-order valence-corrected chi connectivity index (χ2v) is 11.9. The largest absolute Gasteiger partial charge is 0.508 e. The van der Waals surface area contributed by atoms with Gasteiger partial charge in [0.1, 0.15) is 28.6 Å². The first-order chi connectivity index (χ1) is 18.7. The molecule has 0 spiro atoms. The second kappa shape index (κ2) is 9.60. The normalized spacial score (nSPS) is 32.3.